The van der Waals surface area contributed by atoms with Gasteiger partial charge in [0.25, 0.3) is 0 Å². The first-order valence-corrected chi connectivity index (χ1v) is 9.85. The molecule has 1 aliphatic rings. The number of cyclic esters (lactones) is 1. The second kappa shape index (κ2) is 7.05. The number of methoxy groups -OCH3 is 1. The standard InChI is InChI=1S/C24H20N4O3/c1-24(2)19-11-15(6-7-17(19)22(29)31-24)27-23-26-13-18-20(30-3)9-8-16(21(18)28-23)14-5-4-10-25-12-14/h4-13H,1-3H3,(H,26,27,28). The third-order valence-corrected chi connectivity index (χ3v) is 5.40. The van der Waals surface area contributed by atoms with Crippen LogP contribution in [0.2, 0.25) is 0 Å². The number of pyridine rings is 1. The summed E-state index contributed by atoms with van der Waals surface area (Å²) < 4.78 is 11.0. The van der Waals surface area contributed by atoms with E-state index < -0.39 is 5.60 Å². The highest BCUT2D eigenvalue weighted by molar-refractivity contribution is 5.98. The maximum atomic E-state index is 12.0. The van der Waals surface area contributed by atoms with Crippen LogP contribution < -0.4 is 10.1 Å². The fourth-order valence-corrected chi connectivity index (χ4v) is 3.86. The van der Waals surface area contributed by atoms with Crippen molar-refractivity contribution in [2.45, 2.75) is 19.4 Å². The van der Waals surface area contributed by atoms with Gasteiger partial charge in [0.1, 0.15) is 11.4 Å². The summed E-state index contributed by atoms with van der Waals surface area (Å²) in [5, 5.41) is 4.06. The molecule has 3 heterocycles. The zero-order valence-electron chi connectivity index (χ0n) is 17.3. The lowest BCUT2D eigenvalue weighted by Crippen LogP contribution is -2.16. The van der Waals surface area contributed by atoms with E-state index in [1.54, 1.807) is 31.8 Å². The van der Waals surface area contributed by atoms with E-state index >= 15 is 0 Å². The zero-order valence-corrected chi connectivity index (χ0v) is 17.3. The van der Waals surface area contributed by atoms with Crippen LogP contribution in [0.3, 0.4) is 0 Å². The van der Waals surface area contributed by atoms with Crippen molar-refractivity contribution in [1.29, 1.82) is 0 Å². The van der Waals surface area contributed by atoms with E-state index in [0.29, 0.717) is 17.3 Å². The highest BCUT2D eigenvalue weighted by Gasteiger charge is 2.37. The van der Waals surface area contributed by atoms with Gasteiger partial charge in [-0.25, -0.2) is 14.8 Å². The quantitative estimate of drug-likeness (QED) is 0.480. The van der Waals surface area contributed by atoms with Crippen molar-refractivity contribution in [3.63, 3.8) is 0 Å². The summed E-state index contributed by atoms with van der Waals surface area (Å²) in [6.07, 6.45) is 5.28. The summed E-state index contributed by atoms with van der Waals surface area (Å²) in [6.45, 7) is 3.75. The van der Waals surface area contributed by atoms with Gasteiger partial charge in [0.15, 0.2) is 0 Å². The molecule has 7 nitrogen and oxygen atoms in total. The van der Waals surface area contributed by atoms with Crippen molar-refractivity contribution >= 4 is 28.5 Å². The van der Waals surface area contributed by atoms with Gasteiger partial charge in [-0.3, -0.25) is 4.98 Å². The summed E-state index contributed by atoms with van der Waals surface area (Å²) >= 11 is 0. The number of hydrogen-bond donors (Lipinski definition) is 1. The first-order valence-electron chi connectivity index (χ1n) is 9.85. The van der Waals surface area contributed by atoms with Crippen molar-refractivity contribution in [2.24, 2.45) is 0 Å². The fourth-order valence-electron chi connectivity index (χ4n) is 3.86. The molecule has 7 heteroatoms. The van der Waals surface area contributed by atoms with Gasteiger partial charge in [-0.2, -0.15) is 0 Å². The molecule has 0 atom stereocenters. The molecule has 0 bridgehead atoms. The number of esters is 1. The molecule has 0 fully saturated rings. The van der Waals surface area contributed by atoms with Gasteiger partial charge < -0.3 is 14.8 Å². The number of anilines is 2. The predicted molar refractivity (Wildman–Crippen MR) is 117 cm³/mol. The van der Waals surface area contributed by atoms with E-state index in [2.05, 4.69) is 15.3 Å². The van der Waals surface area contributed by atoms with Gasteiger partial charge in [-0.05, 0) is 50.2 Å². The van der Waals surface area contributed by atoms with Crippen molar-refractivity contribution in [3.05, 3.63) is 72.2 Å². The minimum Gasteiger partial charge on any atom is -0.496 e. The Balaban J connectivity index is 1.58. The Hall–Kier alpha value is -4.00. The number of carbonyl (C=O) groups is 1. The van der Waals surface area contributed by atoms with Crippen molar-refractivity contribution < 1.29 is 14.3 Å². The number of rotatable bonds is 4. The van der Waals surface area contributed by atoms with Gasteiger partial charge in [0.2, 0.25) is 5.95 Å². The summed E-state index contributed by atoms with van der Waals surface area (Å²) in [5.74, 6) is 0.833. The molecule has 1 aliphatic heterocycles. The van der Waals surface area contributed by atoms with Crippen LogP contribution in [-0.2, 0) is 10.3 Å². The van der Waals surface area contributed by atoms with E-state index in [9.17, 15) is 4.79 Å². The van der Waals surface area contributed by atoms with Gasteiger partial charge >= 0.3 is 5.97 Å². The molecule has 0 amide bonds. The normalized spacial score (nSPS) is 14.2. The van der Waals surface area contributed by atoms with E-state index in [0.717, 1.165) is 33.3 Å². The lowest BCUT2D eigenvalue weighted by Gasteiger charge is -2.18. The van der Waals surface area contributed by atoms with Gasteiger partial charge in [-0.15, -0.1) is 0 Å². The van der Waals surface area contributed by atoms with E-state index in [4.69, 9.17) is 14.5 Å². The van der Waals surface area contributed by atoms with Crippen LogP contribution in [0.25, 0.3) is 22.0 Å². The van der Waals surface area contributed by atoms with Crippen molar-refractivity contribution in [1.82, 2.24) is 15.0 Å². The van der Waals surface area contributed by atoms with Crippen molar-refractivity contribution in [2.75, 3.05) is 12.4 Å². The Bertz CT molecular complexity index is 1320. The average Bonchev–Trinajstić information content (AvgIpc) is 3.01. The summed E-state index contributed by atoms with van der Waals surface area (Å²) in [6, 6.07) is 13.2. The number of nitrogens with zero attached hydrogens (tertiary/aromatic N) is 3. The summed E-state index contributed by atoms with van der Waals surface area (Å²) in [4.78, 5) is 25.5. The minimum atomic E-state index is -0.671. The second-order valence-electron chi connectivity index (χ2n) is 7.80. The summed E-state index contributed by atoms with van der Waals surface area (Å²) in [5.41, 5.74) is 4.16. The van der Waals surface area contributed by atoms with Crippen LogP contribution in [0, 0.1) is 0 Å². The molecule has 2 aromatic carbocycles. The minimum absolute atomic E-state index is 0.304. The molecular formula is C24H20N4O3. The Morgan fingerprint density at radius 3 is 2.68 bits per heavy atom. The van der Waals surface area contributed by atoms with E-state index in [1.807, 2.05) is 50.2 Å². The SMILES string of the molecule is COc1ccc(-c2cccnc2)c2nc(Nc3ccc4c(c3)C(C)(C)OC4=O)ncc12. The summed E-state index contributed by atoms with van der Waals surface area (Å²) in [7, 11) is 1.63. The number of hydrogen-bond acceptors (Lipinski definition) is 7. The molecule has 0 unspecified atom stereocenters. The van der Waals surface area contributed by atoms with Gasteiger partial charge in [-0.1, -0.05) is 6.07 Å². The first kappa shape index (κ1) is 19.0. The second-order valence-corrected chi connectivity index (χ2v) is 7.80. The maximum absolute atomic E-state index is 12.0. The lowest BCUT2D eigenvalue weighted by atomic mass is 9.95. The molecule has 1 N–H and O–H groups in total. The number of aromatic nitrogens is 3. The average molecular weight is 412 g/mol. The predicted octanol–water partition coefficient (Wildman–Crippen LogP) is 4.85. The topological polar surface area (TPSA) is 86.2 Å². The number of ether oxygens (including phenoxy) is 2. The number of carbonyl (C=O) groups excluding carboxylic acids is 1. The smallest absolute Gasteiger partial charge is 0.339 e. The molecule has 2 aromatic heterocycles. The Labute approximate surface area is 179 Å². The molecule has 4 aromatic rings. The number of benzene rings is 2. The van der Waals surface area contributed by atoms with Crippen LogP contribution in [0.15, 0.2) is 61.1 Å². The fraction of sp³-hybridized carbons (Fsp3) is 0.167. The third kappa shape index (κ3) is 3.24. The first-order chi connectivity index (χ1) is 15.0. The van der Waals surface area contributed by atoms with E-state index in [1.165, 1.54) is 0 Å². The van der Waals surface area contributed by atoms with Gasteiger partial charge in [0.05, 0.1) is 23.6 Å². The van der Waals surface area contributed by atoms with Crippen LogP contribution in [-0.4, -0.2) is 28.0 Å². The molecule has 0 aliphatic carbocycles. The van der Waals surface area contributed by atoms with Crippen molar-refractivity contribution in [3.8, 4) is 16.9 Å². The Morgan fingerprint density at radius 1 is 1.06 bits per heavy atom. The largest absolute Gasteiger partial charge is 0.496 e. The van der Waals surface area contributed by atoms with Crippen LogP contribution >= 0.6 is 0 Å². The highest BCUT2D eigenvalue weighted by Crippen LogP contribution is 2.38. The highest BCUT2D eigenvalue weighted by atomic mass is 16.6. The van der Waals surface area contributed by atoms with Crippen LogP contribution in [0.1, 0.15) is 29.8 Å². The number of nitrogens with one attached hydrogen (secondary N) is 1. The maximum Gasteiger partial charge on any atom is 0.339 e. The van der Waals surface area contributed by atoms with E-state index in [-0.39, 0.29) is 5.97 Å². The molecule has 0 saturated heterocycles. The molecule has 31 heavy (non-hydrogen) atoms. The van der Waals surface area contributed by atoms with Crippen LogP contribution in [0.4, 0.5) is 11.6 Å². The Kier molecular flexibility index (Phi) is 4.32. The van der Waals surface area contributed by atoms with Crippen LogP contribution in [0.5, 0.6) is 5.75 Å². The molecule has 0 saturated carbocycles. The number of fused-ring (bicyclic) bond motifs is 2. The molecule has 154 valence electrons. The molecule has 5 rings (SSSR count). The molecule has 0 radical (unpaired) electrons. The van der Waals surface area contributed by atoms with Gasteiger partial charge in [0, 0.05) is 41.0 Å². The zero-order chi connectivity index (χ0) is 21.6. The monoisotopic (exact) mass is 412 g/mol. The lowest BCUT2D eigenvalue weighted by molar-refractivity contribution is 0.00955. The third-order valence-electron chi connectivity index (χ3n) is 5.40. The Morgan fingerprint density at radius 2 is 1.90 bits per heavy atom. The molecular weight excluding hydrogens is 392 g/mol. The molecule has 0 spiro atoms.